The van der Waals surface area contributed by atoms with Crippen molar-refractivity contribution in [3.63, 3.8) is 0 Å². The number of hydrogen-bond donors (Lipinski definition) is 1. The summed E-state index contributed by atoms with van der Waals surface area (Å²) in [6.07, 6.45) is 3.37. The quantitative estimate of drug-likeness (QED) is 0.615. The minimum absolute atomic E-state index is 0.145. The van der Waals surface area contributed by atoms with Crippen LogP contribution in [0.3, 0.4) is 0 Å². The second-order valence-electron chi connectivity index (χ2n) is 7.00. The van der Waals surface area contributed by atoms with E-state index in [1.54, 1.807) is 6.07 Å². The third kappa shape index (κ3) is 4.17. The van der Waals surface area contributed by atoms with E-state index in [2.05, 4.69) is 15.5 Å². The minimum atomic E-state index is -0.145. The molecule has 4 rings (SSSR count). The van der Waals surface area contributed by atoms with Gasteiger partial charge < -0.3 is 14.6 Å². The number of ether oxygens (including phenoxy) is 1. The Morgan fingerprint density at radius 1 is 1.30 bits per heavy atom. The van der Waals surface area contributed by atoms with Crippen LogP contribution >= 0.6 is 0 Å². The summed E-state index contributed by atoms with van der Waals surface area (Å²) in [4.78, 5) is 17.3. The fourth-order valence-electron chi connectivity index (χ4n) is 3.04. The summed E-state index contributed by atoms with van der Waals surface area (Å²) in [6, 6.07) is 11.5. The fourth-order valence-corrected chi connectivity index (χ4v) is 3.04. The van der Waals surface area contributed by atoms with Gasteiger partial charge in [0.25, 0.3) is 11.6 Å². The summed E-state index contributed by atoms with van der Waals surface area (Å²) >= 11 is 0. The average Bonchev–Trinajstić information content (AvgIpc) is 3.45. The van der Waals surface area contributed by atoms with Crippen molar-refractivity contribution in [2.24, 2.45) is 5.92 Å². The van der Waals surface area contributed by atoms with Crippen LogP contribution in [0.5, 0.6) is 0 Å². The second kappa shape index (κ2) is 7.88. The first-order valence-corrected chi connectivity index (χ1v) is 9.41. The highest BCUT2D eigenvalue weighted by atomic mass is 16.5. The normalized spacial score (nSPS) is 13.8. The van der Waals surface area contributed by atoms with Crippen molar-refractivity contribution in [1.82, 2.24) is 15.5 Å². The van der Waals surface area contributed by atoms with Crippen LogP contribution in [0.15, 0.2) is 40.9 Å². The topological polar surface area (TPSA) is 77.2 Å². The number of nitrogens with one attached hydrogen (secondary N) is 1. The summed E-state index contributed by atoms with van der Waals surface area (Å²) < 4.78 is 10.9. The molecule has 0 spiro atoms. The van der Waals surface area contributed by atoms with Gasteiger partial charge >= 0.3 is 0 Å². The van der Waals surface area contributed by atoms with Gasteiger partial charge in [0.2, 0.25) is 0 Å². The van der Waals surface area contributed by atoms with Crippen LogP contribution in [0, 0.1) is 12.8 Å². The van der Waals surface area contributed by atoms with Gasteiger partial charge in [-0.1, -0.05) is 35.5 Å². The lowest BCUT2D eigenvalue weighted by atomic mass is 10.1. The molecule has 27 heavy (non-hydrogen) atoms. The zero-order valence-corrected chi connectivity index (χ0v) is 15.4. The highest BCUT2D eigenvalue weighted by molar-refractivity contribution is 6.06. The predicted octanol–water partition coefficient (Wildman–Crippen LogP) is 3.74. The van der Waals surface area contributed by atoms with Gasteiger partial charge in [-0.3, -0.25) is 4.79 Å². The van der Waals surface area contributed by atoms with Gasteiger partial charge in [0.05, 0.1) is 22.3 Å². The number of nitrogens with zero attached hydrogens (tertiary/aromatic N) is 2. The van der Waals surface area contributed by atoms with Gasteiger partial charge in [0, 0.05) is 25.3 Å². The number of carbonyl (C=O) groups excluding carboxylic acids is 1. The average molecular weight is 365 g/mol. The largest absolute Gasteiger partial charge is 0.381 e. The summed E-state index contributed by atoms with van der Waals surface area (Å²) in [5, 5.41) is 7.62. The fraction of sp³-hybridized carbons (Fsp3) is 0.381. The number of pyridine rings is 1. The molecule has 1 aromatic carbocycles. The molecule has 0 bridgehead atoms. The lowest BCUT2D eigenvalue weighted by molar-refractivity contribution is 0.0939. The van der Waals surface area contributed by atoms with E-state index < -0.39 is 0 Å². The maximum Gasteiger partial charge on any atom is 0.259 e. The first-order chi connectivity index (χ1) is 13.2. The van der Waals surface area contributed by atoms with Crippen molar-refractivity contribution in [2.45, 2.75) is 26.2 Å². The SMILES string of the molecule is Cc1noc2nc(-c3ccccc3)cc(C(=O)NCCCOCC3CC3)c12. The van der Waals surface area contributed by atoms with Crippen molar-refractivity contribution >= 4 is 17.0 Å². The van der Waals surface area contributed by atoms with Crippen molar-refractivity contribution < 1.29 is 14.1 Å². The van der Waals surface area contributed by atoms with Crippen molar-refractivity contribution in [3.05, 3.63) is 47.7 Å². The van der Waals surface area contributed by atoms with Crippen LogP contribution < -0.4 is 5.32 Å². The number of aryl methyl sites for hydroxylation is 1. The van der Waals surface area contributed by atoms with Crippen LogP contribution in [-0.4, -0.2) is 35.8 Å². The van der Waals surface area contributed by atoms with Gasteiger partial charge in [0.15, 0.2) is 0 Å². The van der Waals surface area contributed by atoms with E-state index >= 15 is 0 Å². The smallest absolute Gasteiger partial charge is 0.259 e. The third-order valence-corrected chi connectivity index (χ3v) is 4.73. The van der Waals surface area contributed by atoms with Gasteiger partial charge in [0.1, 0.15) is 0 Å². The Balaban J connectivity index is 1.48. The maximum atomic E-state index is 12.8. The highest BCUT2D eigenvalue weighted by Gasteiger charge is 2.21. The molecule has 6 nitrogen and oxygen atoms in total. The zero-order valence-electron chi connectivity index (χ0n) is 15.4. The molecular formula is C21H23N3O3. The Morgan fingerprint density at radius 2 is 2.11 bits per heavy atom. The third-order valence-electron chi connectivity index (χ3n) is 4.73. The molecule has 2 aromatic heterocycles. The first kappa shape index (κ1) is 17.7. The molecule has 0 unspecified atom stereocenters. The summed E-state index contributed by atoms with van der Waals surface area (Å²) in [6.45, 7) is 3.90. The Labute approximate surface area is 157 Å². The summed E-state index contributed by atoms with van der Waals surface area (Å²) in [5.41, 5.74) is 3.20. The lowest BCUT2D eigenvalue weighted by Crippen LogP contribution is -2.25. The Kier molecular flexibility index (Phi) is 5.16. The Hall–Kier alpha value is -2.73. The molecule has 0 radical (unpaired) electrons. The van der Waals surface area contributed by atoms with E-state index in [-0.39, 0.29) is 5.91 Å². The second-order valence-corrected chi connectivity index (χ2v) is 7.00. The molecule has 6 heteroatoms. The molecule has 1 fully saturated rings. The molecule has 140 valence electrons. The molecule has 0 aliphatic heterocycles. The van der Waals surface area contributed by atoms with Gasteiger partial charge in [-0.2, -0.15) is 0 Å². The van der Waals surface area contributed by atoms with Gasteiger partial charge in [-0.05, 0) is 38.2 Å². The number of aromatic nitrogens is 2. The number of amides is 1. The predicted molar refractivity (Wildman–Crippen MR) is 102 cm³/mol. The summed E-state index contributed by atoms with van der Waals surface area (Å²) in [7, 11) is 0. The molecule has 1 amide bonds. The zero-order chi connectivity index (χ0) is 18.6. The molecule has 1 N–H and O–H groups in total. The highest BCUT2D eigenvalue weighted by Crippen LogP contribution is 2.29. The van der Waals surface area contributed by atoms with Gasteiger partial charge in [-0.25, -0.2) is 4.98 Å². The van der Waals surface area contributed by atoms with Crippen LogP contribution in [0.25, 0.3) is 22.4 Å². The number of rotatable bonds is 8. The molecule has 1 aliphatic carbocycles. The van der Waals surface area contributed by atoms with Crippen molar-refractivity contribution in [1.29, 1.82) is 0 Å². The molecule has 1 aliphatic rings. The standard InChI is InChI=1S/C21H23N3O3/c1-14-19-17(20(25)22-10-5-11-26-13-15-8-9-15)12-18(23-21(19)27-24-14)16-6-3-2-4-7-16/h2-4,6-7,12,15H,5,8-11,13H2,1H3,(H,22,25). The van der Waals surface area contributed by atoms with E-state index in [4.69, 9.17) is 9.26 Å². The number of benzene rings is 1. The van der Waals surface area contributed by atoms with Crippen LogP contribution in [-0.2, 0) is 4.74 Å². The Morgan fingerprint density at radius 3 is 2.89 bits per heavy atom. The van der Waals surface area contributed by atoms with Crippen LogP contribution in [0.2, 0.25) is 0 Å². The molecule has 0 saturated heterocycles. The lowest BCUT2D eigenvalue weighted by Gasteiger charge is -2.09. The van der Waals surface area contributed by atoms with Crippen molar-refractivity contribution in [3.8, 4) is 11.3 Å². The number of fused-ring (bicyclic) bond motifs is 1. The van der Waals surface area contributed by atoms with E-state index in [1.165, 1.54) is 12.8 Å². The molecule has 1 saturated carbocycles. The van der Waals surface area contributed by atoms with E-state index in [0.717, 1.165) is 24.5 Å². The van der Waals surface area contributed by atoms with Gasteiger partial charge in [-0.15, -0.1) is 0 Å². The molecule has 2 heterocycles. The molecular weight excluding hydrogens is 342 g/mol. The maximum absolute atomic E-state index is 12.8. The first-order valence-electron chi connectivity index (χ1n) is 9.41. The molecule has 3 aromatic rings. The van der Waals surface area contributed by atoms with Crippen LogP contribution in [0.4, 0.5) is 0 Å². The van der Waals surface area contributed by atoms with Crippen molar-refractivity contribution in [2.75, 3.05) is 19.8 Å². The van der Waals surface area contributed by atoms with E-state index in [1.807, 2.05) is 37.3 Å². The minimum Gasteiger partial charge on any atom is -0.381 e. The van der Waals surface area contributed by atoms with Crippen LogP contribution in [0.1, 0.15) is 35.3 Å². The summed E-state index contributed by atoms with van der Waals surface area (Å²) in [5.74, 6) is 0.616. The van der Waals surface area contributed by atoms with E-state index in [9.17, 15) is 4.79 Å². The van der Waals surface area contributed by atoms with E-state index in [0.29, 0.717) is 41.2 Å². The molecule has 0 atom stereocenters. The number of carbonyl (C=O) groups is 1. The monoisotopic (exact) mass is 365 g/mol. The Bertz CT molecular complexity index is 932. The number of hydrogen-bond acceptors (Lipinski definition) is 5.